The van der Waals surface area contributed by atoms with E-state index >= 15 is 0 Å². The van der Waals surface area contributed by atoms with Crippen LogP contribution in [0.2, 0.25) is 0 Å². The molecule has 260 valence electrons. The third-order valence-corrected chi connectivity index (χ3v) is 13.4. The molecule has 1 aromatic carbocycles. The van der Waals surface area contributed by atoms with Crippen LogP contribution >= 0.6 is 0 Å². The predicted molar refractivity (Wildman–Crippen MR) is 188 cm³/mol. The van der Waals surface area contributed by atoms with Crippen LogP contribution in [-0.4, -0.2) is 69.1 Å². The van der Waals surface area contributed by atoms with Crippen LogP contribution in [0.4, 0.5) is 0 Å². The Morgan fingerprint density at radius 1 is 0.891 bits per heavy atom. The lowest BCUT2D eigenvalue weighted by Gasteiger charge is -2.62. The molecule has 0 bridgehead atoms. The zero-order valence-electron chi connectivity index (χ0n) is 29.3. The number of ether oxygens (including phenoxy) is 1. The Morgan fingerprint density at radius 3 is 2.30 bits per heavy atom. The SMILES string of the molecule is C[C@H](COC(=O)c1ccccc1)[C@H]1CCC2C3C(CC[C@@]21C)[C@@]1(C)CC[C@H](NCCCNCCCCNCCCN)CC1C[C@@H]3O. The van der Waals surface area contributed by atoms with Gasteiger partial charge in [0, 0.05) is 6.04 Å². The first kappa shape index (κ1) is 35.8. The van der Waals surface area contributed by atoms with Gasteiger partial charge in [-0.25, -0.2) is 4.79 Å². The second-order valence-electron chi connectivity index (χ2n) is 16.1. The summed E-state index contributed by atoms with van der Waals surface area (Å²) in [4.78, 5) is 12.6. The summed E-state index contributed by atoms with van der Waals surface area (Å²) >= 11 is 0. The Balaban J connectivity index is 1.05. The molecule has 5 rings (SSSR count). The molecule has 0 radical (unpaired) electrons. The van der Waals surface area contributed by atoms with Crippen LogP contribution in [0.15, 0.2) is 30.3 Å². The highest BCUT2D eigenvalue weighted by Gasteiger charge is 2.63. The maximum absolute atomic E-state index is 12.6. The van der Waals surface area contributed by atoms with Crippen LogP contribution in [0.1, 0.15) is 108 Å². The van der Waals surface area contributed by atoms with Crippen LogP contribution in [0.25, 0.3) is 0 Å². The molecule has 1 aromatic rings. The minimum atomic E-state index is -0.215. The fraction of sp³-hybridized carbons (Fsp3) is 0.821. The molecular weight excluding hydrogens is 572 g/mol. The molecule has 4 unspecified atom stereocenters. The smallest absolute Gasteiger partial charge is 0.338 e. The van der Waals surface area contributed by atoms with Crippen LogP contribution in [-0.2, 0) is 4.74 Å². The first-order valence-corrected chi connectivity index (χ1v) is 19.0. The van der Waals surface area contributed by atoms with Crippen molar-refractivity contribution >= 4 is 5.97 Å². The first-order chi connectivity index (χ1) is 22.3. The van der Waals surface area contributed by atoms with Gasteiger partial charge in [-0.2, -0.15) is 0 Å². The van der Waals surface area contributed by atoms with Gasteiger partial charge in [-0.3, -0.25) is 0 Å². The zero-order valence-corrected chi connectivity index (χ0v) is 29.3. The Bertz CT molecular complexity index is 1070. The van der Waals surface area contributed by atoms with Gasteiger partial charge in [-0.15, -0.1) is 0 Å². The van der Waals surface area contributed by atoms with Crippen LogP contribution in [0.3, 0.4) is 0 Å². The largest absolute Gasteiger partial charge is 0.462 e. The molecular formula is C39H66N4O3. The maximum Gasteiger partial charge on any atom is 0.338 e. The van der Waals surface area contributed by atoms with Crippen molar-refractivity contribution in [3.63, 3.8) is 0 Å². The van der Waals surface area contributed by atoms with Crippen LogP contribution < -0.4 is 21.7 Å². The summed E-state index contributed by atoms with van der Waals surface area (Å²) in [5.74, 6) is 2.89. The summed E-state index contributed by atoms with van der Waals surface area (Å²) < 4.78 is 5.82. The van der Waals surface area contributed by atoms with Gasteiger partial charge < -0.3 is 31.5 Å². The van der Waals surface area contributed by atoms with Crippen molar-refractivity contribution in [3.8, 4) is 0 Å². The topological polar surface area (TPSA) is 109 Å². The second-order valence-corrected chi connectivity index (χ2v) is 16.1. The summed E-state index contributed by atoms with van der Waals surface area (Å²) in [7, 11) is 0. The molecule has 46 heavy (non-hydrogen) atoms. The second kappa shape index (κ2) is 16.7. The van der Waals surface area contributed by atoms with Gasteiger partial charge in [0.15, 0.2) is 0 Å². The van der Waals surface area contributed by atoms with Crippen molar-refractivity contribution in [2.24, 2.45) is 52.1 Å². The summed E-state index contributed by atoms with van der Waals surface area (Å²) in [5, 5.41) is 22.8. The van der Waals surface area contributed by atoms with Crippen LogP contribution in [0.5, 0.6) is 0 Å². The lowest BCUT2D eigenvalue weighted by Crippen LogP contribution is -2.59. The number of unbranched alkanes of at least 4 members (excludes halogenated alkanes) is 1. The van der Waals surface area contributed by atoms with E-state index in [9.17, 15) is 9.90 Å². The molecule has 0 saturated heterocycles. The van der Waals surface area contributed by atoms with Gasteiger partial charge in [0.1, 0.15) is 0 Å². The van der Waals surface area contributed by atoms with E-state index < -0.39 is 0 Å². The van der Waals surface area contributed by atoms with E-state index in [-0.39, 0.29) is 17.5 Å². The van der Waals surface area contributed by atoms with E-state index in [4.69, 9.17) is 10.5 Å². The van der Waals surface area contributed by atoms with E-state index in [1.807, 2.05) is 30.3 Å². The normalized spacial score (nSPS) is 36.0. The van der Waals surface area contributed by atoms with E-state index in [1.165, 1.54) is 64.2 Å². The molecule has 7 nitrogen and oxygen atoms in total. The molecule has 4 fully saturated rings. The Kier molecular flexibility index (Phi) is 13.0. The zero-order chi connectivity index (χ0) is 32.6. The lowest BCUT2D eigenvalue weighted by atomic mass is 9.43. The number of aliphatic hydroxyl groups is 1. The average Bonchev–Trinajstić information content (AvgIpc) is 3.42. The molecule has 0 aliphatic heterocycles. The number of nitrogens with one attached hydrogen (secondary N) is 3. The van der Waals surface area contributed by atoms with Crippen molar-refractivity contribution in [2.45, 2.75) is 110 Å². The highest BCUT2D eigenvalue weighted by atomic mass is 16.5. The third kappa shape index (κ3) is 8.19. The number of esters is 1. The van der Waals surface area contributed by atoms with E-state index in [0.717, 1.165) is 52.1 Å². The Hall–Kier alpha value is -1.51. The van der Waals surface area contributed by atoms with E-state index in [2.05, 4.69) is 36.7 Å². The number of fused-ring (bicyclic) bond motifs is 5. The molecule has 0 aromatic heterocycles. The fourth-order valence-corrected chi connectivity index (χ4v) is 10.9. The van der Waals surface area contributed by atoms with Crippen molar-refractivity contribution in [1.29, 1.82) is 0 Å². The third-order valence-electron chi connectivity index (χ3n) is 13.4. The quantitative estimate of drug-likeness (QED) is 0.109. The molecule has 0 amide bonds. The van der Waals surface area contributed by atoms with Gasteiger partial charge in [-0.05, 0) is 175 Å². The Morgan fingerprint density at radius 2 is 1.57 bits per heavy atom. The molecule has 10 atom stereocenters. The standard InChI is InChI=1S/C39H66N4O3/c1-28(27-46-37(45)29-11-5-4-6-12-29)32-13-14-33-36-34(16-18-39(32,33)3)38(2)17-15-31(25-30(38)26-35(36)44)43-24-10-23-42-21-8-7-20-41-22-9-19-40/h4-6,11-12,28,30-36,41-44H,7-10,13-27,40H2,1-3H3/t28-,30?,31+,32-,33?,34?,35+,36?,38+,39-/m1/s1. The summed E-state index contributed by atoms with van der Waals surface area (Å²) in [5.41, 5.74) is 6.74. The van der Waals surface area contributed by atoms with Gasteiger partial charge in [0.25, 0.3) is 0 Å². The number of rotatable bonds is 17. The number of aliphatic hydroxyl groups excluding tert-OH is 1. The summed E-state index contributed by atoms with van der Waals surface area (Å²) in [6.45, 7) is 14.0. The van der Waals surface area contributed by atoms with Crippen molar-refractivity contribution in [2.75, 3.05) is 45.9 Å². The number of carbonyl (C=O) groups excluding carboxylic acids is 1. The number of nitrogens with two attached hydrogens (primary N) is 1. The number of hydrogen-bond donors (Lipinski definition) is 5. The highest BCUT2D eigenvalue weighted by Crippen LogP contribution is 2.68. The lowest BCUT2D eigenvalue weighted by molar-refractivity contribution is -0.167. The van der Waals surface area contributed by atoms with Crippen molar-refractivity contribution in [1.82, 2.24) is 16.0 Å². The molecule has 6 N–H and O–H groups in total. The number of carbonyl (C=O) groups is 1. The Labute approximate surface area is 280 Å². The molecule has 4 aliphatic carbocycles. The molecule has 7 heteroatoms. The monoisotopic (exact) mass is 639 g/mol. The number of hydrogen-bond acceptors (Lipinski definition) is 7. The average molecular weight is 639 g/mol. The molecule has 0 heterocycles. The molecule has 4 aliphatic rings. The van der Waals surface area contributed by atoms with Crippen molar-refractivity contribution in [3.05, 3.63) is 35.9 Å². The fourth-order valence-electron chi connectivity index (χ4n) is 10.9. The summed E-state index contributed by atoms with van der Waals surface area (Å²) in [6, 6.07) is 9.95. The van der Waals surface area contributed by atoms with Gasteiger partial charge >= 0.3 is 5.97 Å². The highest BCUT2D eigenvalue weighted by molar-refractivity contribution is 5.89. The van der Waals surface area contributed by atoms with Gasteiger partial charge in [0.05, 0.1) is 18.3 Å². The van der Waals surface area contributed by atoms with E-state index in [0.29, 0.717) is 59.1 Å². The summed E-state index contributed by atoms with van der Waals surface area (Å²) in [6.07, 6.45) is 14.1. The first-order valence-electron chi connectivity index (χ1n) is 19.0. The van der Waals surface area contributed by atoms with Gasteiger partial charge in [-0.1, -0.05) is 39.0 Å². The minimum Gasteiger partial charge on any atom is -0.462 e. The predicted octanol–water partition coefficient (Wildman–Crippen LogP) is 5.77. The van der Waals surface area contributed by atoms with E-state index in [1.54, 1.807) is 0 Å². The van der Waals surface area contributed by atoms with Gasteiger partial charge in [0.2, 0.25) is 0 Å². The minimum absolute atomic E-state index is 0.184. The molecule has 4 saturated carbocycles. The van der Waals surface area contributed by atoms with Crippen molar-refractivity contribution < 1.29 is 14.6 Å². The number of benzene rings is 1. The van der Waals surface area contributed by atoms with Crippen LogP contribution in [0, 0.1) is 46.3 Å². The molecule has 0 spiro atoms. The maximum atomic E-state index is 12.6.